The molecular formula is C53H93NO8. The van der Waals surface area contributed by atoms with Crippen LogP contribution in [0, 0.1) is 0 Å². The quantitative estimate of drug-likeness (QED) is 0.0263. The highest BCUT2D eigenvalue weighted by Crippen LogP contribution is 2.23. The van der Waals surface area contributed by atoms with Gasteiger partial charge >= 0.3 is 0 Å². The molecule has 0 bridgehead atoms. The third-order valence-corrected chi connectivity index (χ3v) is 11.6. The van der Waals surface area contributed by atoms with Crippen molar-refractivity contribution in [1.29, 1.82) is 0 Å². The second kappa shape index (κ2) is 42.6. The molecule has 1 aliphatic heterocycles. The molecule has 1 saturated heterocycles. The molecule has 358 valence electrons. The van der Waals surface area contributed by atoms with Crippen LogP contribution in [0.4, 0.5) is 0 Å². The van der Waals surface area contributed by atoms with E-state index in [1.54, 1.807) is 0 Å². The van der Waals surface area contributed by atoms with Crippen LogP contribution in [-0.2, 0) is 14.3 Å². The van der Waals surface area contributed by atoms with E-state index in [1.165, 1.54) is 83.5 Å². The van der Waals surface area contributed by atoms with Gasteiger partial charge in [0, 0.05) is 6.42 Å². The highest BCUT2D eigenvalue weighted by Gasteiger charge is 2.44. The summed E-state index contributed by atoms with van der Waals surface area (Å²) in [5, 5.41) is 54.4. The topological polar surface area (TPSA) is 149 Å². The van der Waals surface area contributed by atoms with E-state index >= 15 is 0 Å². The SMILES string of the molecule is CC/C=C\C/C=C\C/C=C\C/C=C\C/C=C\C/C=C\CCCCCCCCCCC(=O)NC(COC1OC(CO)C(O)C(O)C1O)C(O)CCCCCCCCCCCCCC. The Balaban J connectivity index is 2.24. The van der Waals surface area contributed by atoms with Crippen molar-refractivity contribution in [2.45, 2.75) is 243 Å². The molecule has 0 aliphatic carbocycles. The molecule has 7 unspecified atom stereocenters. The summed E-state index contributed by atoms with van der Waals surface area (Å²) < 4.78 is 11.3. The van der Waals surface area contributed by atoms with Crippen LogP contribution in [0.1, 0.15) is 200 Å². The minimum atomic E-state index is -1.56. The van der Waals surface area contributed by atoms with Crippen molar-refractivity contribution in [2.75, 3.05) is 13.2 Å². The molecule has 0 saturated carbocycles. The highest BCUT2D eigenvalue weighted by atomic mass is 16.7. The summed E-state index contributed by atoms with van der Waals surface area (Å²) in [5.74, 6) is -0.157. The van der Waals surface area contributed by atoms with Gasteiger partial charge in [-0.25, -0.2) is 0 Å². The molecule has 0 spiro atoms. The van der Waals surface area contributed by atoms with E-state index < -0.39 is 49.5 Å². The fourth-order valence-corrected chi connectivity index (χ4v) is 7.58. The van der Waals surface area contributed by atoms with Gasteiger partial charge in [-0.15, -0.1) is 0 Å². The molecule has 1 fully saturated rings. The number of amides is 1. The predicted octanol–water partition coefficient (Wildman–Crippen LogP) is 11.3. The maximum Gasteiger partial charge on any atom is 0.220 e. The average Bonchev–Trinajstić information content (AvgIpc) is 3.27. The van der Waals surface area contributed by atoms with E-state index in [1.807, 2.05) is 0 Å². The van der Waals surface area contributed by atoms with Gasteiger partial charge in [0.05, 0.1) is 25.4 Å². The number of hydrogen-bond acceptors (Lipinski definition) is 8. The zero-order valence-corrected chi connectivity index (χ0v) is 39.4. The number of aliphatic hydroxyl groups is 5. The van der Waals surface area contributed by atoms with E-state index in [0.717, 1.165) is 89.9 Å². The van der Waals surface area contributed by atoms with Crippen LogP contribution >= 0.6 is 0 Å². The van der Waals surface area contributed by atoms with Crippen molar-refractivity contribution in [1.82, 2.24) is 5.32 Å². The minimum Gasteiger partial charge on any atom is -0.394 e. The van der Waals surface area contributed by atoms with Crippen molar-refractivity contribution in [3.8, 4) is 0 Å². The third kappa shape index (κ3) is 32.3. The first kappa shape index (κ1) is 57.6. The van der Waals surface area contributed by atoms with Gasteiger partial charge in [0.15, 0.2) is 6.29 Å². The lowest BCUT2D eigenvalue weighted by atomic mass is 9.99. The van der Waals surface area contributed by atoms with Gasteiger partial charge < -0.3 is 40.3 Å². The summed E-state index contributed by atoms with van der Waals surface area (Å²) in [5.41, 5.74) is 0. The van der Waals surface area contributed by atoms with Gasteiger partial charge in [-0.05, 0) is 64.2 Å². The van der Waals surface area contributed by atoms with Crippen LogP contribution in [0.5, 0.6) is 0 Å². The number of rotatable bonds is 41. The standard InChI is InChI=1S/C53H93NO8/c1-3-5-7-9-11-13-15-17-18-19-20-21-22-23-24-25-26-27-28-29-30-31-33-35-37-39-41-43-49(57)54-46(45-61-53-52(60)51(59)50(58)48(44-55)62-53)47(56)42-40-38-36-34-32-16-14-12-10-8-6-4-2/h5,7,11,13,17-18,20-21,23-24,26-27,46-48,50-53,55-56,58-60H,3-4,6,8-10,12,14-16,19,22,25,28-45H2,1-2H3,(H,54,57)/b7-5-,13-11-,18-17-,21-20-,24-23-,27-26-. The summed E-state index contributed by atoms with van der Waals surface area (Å²) in [6.45, 7) is 3.70. The Kier molecular flexibility index (Phi) is 39.6. The van der Waals surface area contributed by atoms with E-state index in [4.69, 9.17) is 9.47 Å². The second-order valence-corrected chi connectivity index (χ2v) is 17.2. The van der Waals surface area contributed by atoms with E-state index in [-0.39, 0.29) is 12.5 Å². The first-order valence-electron chi connectivity index (χ1n) is 25.1. The first-order valence-corrected chi connectivity index (χ1v) is 25.1. The van der Waals surface area contributed by atoms with Gasteiger partial charge in [-0.1, -0.05) is 202 Å². The summed E-state index contributed by atoms with van der Waals surface area (Å²) in [6.07, 6.45) is 50.5. The van der Waals surface area contributed by atoms with Gasteiger partial charge in [-0.3, -0.25) is 4.79 Å². The van der Waals surface area contributed by atoms with E-state index in [0.29, 0.717) is 12.8 Å². The molecule has 1 heterocycles. The van der Waals surface area contributed by atoms with Crippen LogP contribution in [0.2, 0.25) is 0 Å². The number of hydrogen-bond donors (Lipinski definition) is 6. The van der Waals surface area contributed by atoms with Crippen LogP contribution < -0.4 is 5.32 Å². The summed E-state index contributed by atoms with van der Waals surface area (Å²) in [7, 11) is 0. The summed E-state index contributed by atoms with van der Waals surface area (Å²) in [4.78, 5) is 13.0. The monoisotopic (exact) mass is 872 g/mol. The number of unbranched alkanes of at least 4 members (excludes halogenated alkanes) is 19. The Labute approximate surface area is 378 Å². The molecule has 0 aromatic heterocycles. The fourth-order valence-electron chi connectivity index (χ4n) is 7.58. The molecule has 9 nitrogen and oxygen atoms in total. The lowest BCUT2D eigenvalue weighted by Crippen LogP contribution is -2.60. The Hall–Kier alpha value is -2.37. The van der Waals surface area contributed by atoms with Crippen molar-refractivity contribution in [3.05, 3.63) is 72.9 Å². The molecule has 1 amide bonds. The van der Waals surface area contributed by atoms with Crippen LogP contribution in [0.3, 0.4) is 0 Å². The number of nitrogens with one attached hydrogen (secondary N) is 1. The fraction of sp³-hybridized carbons (Fsp3) is 0.755. The Morgan fingerprint density at radius 1 is 0.565 bits per heavy atom. The third-order valence-electron chi connectivity index (χ3n) is 11.6. The molecule has 7 atom stereocenters. The van der Waals surface area contributed by atoms with Gasteiger partial charge in [0.25, 0.3) is 0 Å². The molecule has 0 radical (unpaired) electrons. The number of allylic oxidation sites excluding steroid dienone is 12. The molecule has 9 heteroatoms. The molecule has 0 aromatic rings. The number of ether oxygens (including phenoxy) is 2. The Morgan fingerprint density at radius 3 is 1.48 bits per heavy atom. The summed E-state index contributed by atoms with van der Waals surface area (Å²) >= 11 is 0. The van der Waals surface area contributed by atoms with Crippen molar-refractivity contribution >= 4 is 5.91 Å². The molecule has 0 aromatic carbocycles. The zero-order chi connectivity index (χ0) is 45.1. The maximum atomic E-state index is 13.0. The summed E-state index contributed by atoms with van der Waals surface area (Å²) in [6, 6.07) is -0.726. The van der Waals surface area contributed by atoms with Crippen molar-refractivity contribution in [3.63, 3.8) is 0 Å². The van der Waals surface area contributed by atoms with Crippen LogP contribution in [-0.4, -0.2) is 87.5 Å². The van der Waals surface area contributed by atoms with Crippen molar-refractivity contribution < 1.29 is 39.8 Å². The van der Waals surface area contributed by atoms with Gasteiger partial charge in [0.1, 0.15) is 24.4 Å². The smallest absolute Gasteiger partial charge is 0.220 e. The molecule has 1 aliphatic rings. The molecule has 6 N–H and O–H groups in total. The average molecular weight is 872 g/mol. The van der Waals surface area contributed by atoms with Crippen LogP contribution in [0.15, 0.2) is 72.9 Å². The number of carbonyl (C=O) groups excluding carboxylic acids is 1. The van der Waals surface area contributed by atoms with E-state index in [9.17, 15) is 30.3 Å². The lowest BCUT2D eigenvalue weighted by molar-refractivity contribution is -0.302. The van der Waals surface area contributed by atoms with Crippen molar-refractivity contribution in [2.24, 2.45) is 0 Å². The Bertz CT molecular complexity index is 1200. The number of carbonyl (C=O) groups is 1. The Morgan fingerprint density at radius 2 is 1.00 bits per heavy atom. The normalized spacial score (nSPS) is 20.9. The molecule has 1 rings (SSSR count). The molecule has 62 heavy (non-hydrogen) atoms. The second-order valence-electron chi connectivity index (χ2n) is 17.2. The largest absolute Gasteiger partial charge is 0.394 e. The van der Waals surface area contributed by atoms with Crippen LogP contribution in [0.25, 0.3) is 0 Å². The minimum absolute atomic E-state index is 0.145. The lowest BCUT2D eigenvalue weighted by Gasteiger charge is -2.40. The number of aliphatic hydroxyl groups excluding tert-OH is 5. The van der Waals surface area contributed by atoms with E-state index in [2.05, 4.69) is 92.1 Å². The van der Waals surface area contributed by atoms with Gasteiger partial charge in [0.2, 0.25) is 5.91 Å². The van der Waals surface area contributed by atoms with Gasteiger partial charge in [-0.2, -0.15) is 0 Å². The first-order chi connectivity index (χ1) is 30.3. The zero-order valence-electron chi connectivity index (χ0n) is 39.4. The predicted molar refractivity (Wildman–Crippen MR) is 258 cm³/mol. The maximum absolute atomic E-state index is 13.0. The highest BCUT2D eigenvalue weighted by molar-refractivity contribution is 5.76. The molecular weight excluding hydrogens is 779 g/mol.